The fourth-order valence-corrected chi connectivity index (χ4v) is 2.73. The van der Waals surface area contributed by atoms with Gasteiger partial charge in [-0.3, -0.25) is 14.8 Å². The van der Waals surface area contributed by atoms with E-state index in [0.29, 0.717) is 22.5 Å². The number of halogens is 4. The number of carbonyl (C=O) groups is 1. The van der Waals surface area contributed by atoms with Gasteiger partial charge in [0.05, 0.1) is 27.6 Å². The lowest BCUT2D eigenvalue weighted by molar-refractivity contribution is -0.141. The summed E-state index contributed by atoms with van der Waals surface area (Å²) in [5, 5.41) is 11.7. The molecule has 2 aromatic rings. The first-order valence-corrected chi connectivity index (χ1v) is 8.92. The molecular formula is C20H17ClF3N5O. The lowest BCUT2D eigenvalue weighted by Gasteiger charge is -2.12. The van der Waals surface area contributed by atoms with E-state index in [9.17, 15) is 18.0 Å². The minimum atomic E-state index is -4.53. The monoisotopic (exact) mass is 435 g/mol. The molecule has 1 aromatic heterocycles. The van der Waals surface area contributed by atoms with Gasteiger partial charge in [0.1, 0.15) is 11.8 Å². The number of benzene rings is 1. The number of carbonyl (C=O) groups excluding carboxylic acids is 1. The Hall–Kier alpha value is -3.38. The Morgan fingerprint density at radius 1 is 1.30 bits per heavy atom. The lowest BCUT2D eigenvalue weighted by Crippen LogP contribution is -2.29. The summed E-state index contributed by atoms with van der Waals surface area (Å²) in [5.74, 6) is -0.545. The summed E-state index contributed by atoms with van der Waals surface area (Å²) in [4.78, 5) is 20.3. The largest absolute Gasteiger partial charge is 0.433 e. The van der Waals surface area contributed by atoms with Crippen molar-refractivity contribution in [1.82, 2.24) is 10.3 Å². The number of nitrogens with two attached hydrogens (primary N) is 1. The van der Waals surface area contributed by atoms with Crippen LogP contribution in [-0.4, -0.2) is 16.6 Å². The Bertz CT molecular complexity index is 1050. The molecule has 1 aromatic carbocycles. The van der Waals surface area contributed by atoms with Crippen molar-refractivity contribution >= 4 is 28.9 Å². The SMILES string of the molecule is CC(=Nc1ccc(C#N)c(Cl)c1)C(C(=O)NCc1ccc(C(F)(F)F)nc1)=C(C)N. The second-order valence-corrected chi connectivity index (χ2v) is 6.67. The smallest absolute Gasteiger partial charge is 0.402 e. The van der Waals surface area contributed by atoms with E-state index in [1.54, 1.807) is 13.0 Å². The summed E-state index contributed by atoms with van der Waals surface area (Å²) < 4.78 is 37.7. The van der Waals surface area contributed by atoms with E-state index in [1.807, 2.05) is 6.07 Å². The van der Waals surface area contributed by atoms with Gasteiger partial charge in [0.25, 0.3) is 5.91 Å². The molecule has 10 heteroatoms. The van der Waals surface area contributed by atoms with Gasteiger partial charge in [0, 0.05) is 18.4 Å². The number of allylic oxidation sites excluding steroid dienone is 1. The molecule has 30 heavy (non-hydrogen) atoms. The summed E-state index contributed by atoms with van der Waals surface area (Å²) in [6.45, 7) is 3.06. The summed E-state index contributed by atoms with van der Waals surface area (Å²) >= 11 is 5.99. The third kappa shape index (κ3) is 5.81. The van der Waals surface area contributed by atoms with Crippen molar-refractivity contribution in [2.45, 2.75) is 26.6 Å². The van der Waals surface area contributed by atoms with E-state index in [2.05, 4.69) is 15.3 Å². The molecule has 0 radical (unpaired) electrons. The van der Waals surface area contributed by atoms with Crippen molar-refractivity contribution in [1.29, 1.82) is 5.26 Å². The van der Waals surface area contributed by atoms with Crippen molar-refractivity contribution < 1.29 is 18.0 Å². The molecule has 0 saturated carbocycles. The van der Waals surface area contributed by atoms with E-state index < -0.39 is 17.8 Å². The van der Waals surface area contributed by atoms with Crippen LogP contribution in [0.15, 0.2) is 52.8 Å². The number of alkyl halides is 3. The Morgan fingerprint density at radius 2 is 2.00 bits per heavy atom. The van der Waals surface area contributed by atoms with Crippen LogP contribution in [0.2, 0.25) is 5.02 Å². The highest BCUT2D eigenvalue weighted by molar-refractivity contribution is 6.32. The van der Waals surface area contributed by atoms with Gasteiger partial charge in [0.2, 0.25) is 0 Å². The minimum absolute atomic E-state index is 0.0449. The van der Waals surface area contributed by atoms with Crippen LogP contribution in [-0.2, 0) is 17.5 Å². The van der Waals surface area contributed by atoms with Crippen molar-refractivity contribution in [3.8, 4) is 6.07 Å². The highest BCUT2D eigenvalue weighted by atomic mass is 35.5. The van der Waals surface area contributed by atoms with Crippen molar-refractivity contribution in [2.75, 3.05) is 0 Å². The highest BCUT2D eigenvalue weighted by Crippen LogP contribution is 2.27. The Balaban J connectivity index is 2.16. The number of rotatable bonds is 5. The molecular weight excluding hydrogens is 419 g/mol. The number of nitrogens with zero attached hydrogens (tertiary/aromatic N) is 3. The van der Waals surface area contributed by atoms with Crippen molar-refractivity contribution in [3.63, 3.8) is 0 Å². The van der Waals surface area contributed by atoms with Crippen molar-refractivity contribution in [3.05, 3.63) is 69.6 Å². The van der Waals surface area contributed by atoms with Gasteiger partial charge in [-0.05, 0) is 43.7 Å². The average molecular weight is 436 g/mol. The number of hydrogen-bond acceptors (Lipinski definition) is 5. The zero-order valence-electron chi connectivity index (χ0n) is 16.0. The van der Waals surface area contributed by atoms with Gasteiger partial charge in [0.15, 0.2) is 0 Å². The van der Waals surface area contributed by atoms with Gasteiger partial charge in [-0.15, -0.1) is 0 Å². The lowest BCUT2D eigenvalue weighted by atomic mass is 10.1. The maximum atomic E-state index is 12.6. The second-order valence-electron chi connectivity index (χ2n) is 6.26. The first kappa shape index (κ1) is 22.9. The summed E-state index contributed by atoms with van der Waals surface area (Å²) in [6, 6.07) is 8.57. The fourth-order valence-electron chi connectivity index (χ4n) is 2.51. The number of hydrogen-bond donors (Lipinski definition) is 2. The molecule has 0 aliphatic heterocycles. The Labute approximate surface area is 175 Å². The molecule has 0 spiro atoms. The quantitative estimate of drug-likeness (QED) is 0.540. The molecule has 0 bridgehead atoms. The first-order chi connectivity index (χ1) is 14.0. The number of nitriles is 1. The predicted octanol–water partition coefficient (Wildman–Crippen LogP) is 4.27. The molecule has 1 amide bonds. The molecule has 2 rings (SSSR count). The third-order valence-corrected chi connectivity index (χ3v) is 4.23. The number of pyridine rings is 1. The maximum absolute atomic E-state index is 12.6. The average Bonchev–Trinajstić information content (AvgIpc) is 2.66. The number of aromatic nitrogens is 1. The zero-order chi connectivity index (χ0) is 22.5. The Kier molecular flexibility index (Phi) is 7.19. The molecule has 1 heterocycles. The summed E-state index contributed by atoms with van der Waals surface area (Å²) in [7, 11) is 0. The van der Waals surface area contributed by atoms with E-state index in [0.717, 1.165) is 12.3 Å². The molecule has 3 N–H and O–H groups in total. The topological polar surface area (TPSA) is 104 Å². The fraction of sp³-hybridized carbons (Fsp3) is 0.200. The number of nitrogens with one attached hydrogen (secondary N) is 1. The van der Waals surface area contributed by atoms with Crippen LogP contribution in [0.5, 0.6) is 0 Å². The van der Waals surface area contributed by atoms with Crippen LogP contribution in [0.25, 0.3) is 0 Å². The van der Waals surface area contributed by atoms with Gasteiger partial charge < -0.3 is 11.1 Å². The standard InChI is InChI=1S/C20H17ClF3N5O/c1-11(26)18(12(2)29-15-5-4-14(8-25)16(21)7-15)19(30)28-10-13-3-6-17(27-9-13)20(22,23)24/h3-7,9H,10,26H2,1-2H3,(H,28,30). The van der Waals surface area contributed by atoms with E-state index in [-0.39, 0.29) is 22.8 Å². The molecule has 0 fully saturated rings. The molecule has 6 nitrogen and oxygen atoms in total. The molecule has 0 saturated heterocycles. The van der Waals surface area contributed by atoms with Crippen LogP contribution >= 0.6 is 11.6 Å². The molecule has 0 unspecified atom stereocenters. The maximum Gasteiger partial charge on any atom is 0.433 e. The van der Waals surface area contributed by atoms with E-state index in [1.165, 1.54) is 25.1 Å². The normalized spacial score (nSPS) is 12.8. The number of aliphatic imine (C=N–C) groups is 1. The third-order valence-electron chi connectivity index (χ3n) is 3.92. The van der Waals surface area contributed by atoms with Gasteiger partial charge >= 0.3 is 6.18 Å². The second kappa shape index (κ2) is 9.41. The molecule has 0 aliphatic rings. The van der Waals surface area contributed by atoms with Crippen LogP contribution in [0.3, 0.4) is 0 Å². The number of amides is 1. The molecule has 0 atom stereocenters. The van der Waals surface area contributed by atoms with Crippen LogP contribution in [0.1, 0.15) is 30.7 Å². The summed E-state index contributed by atoms with van der Waals surface area (Å²) in [6.07, 6.45) is -3.49. The van der Waals surface area contributed by atoms with Crippen molar-refractivity contribution in [2.24, 2.45) is 10.7 Å². The van der Waals surface area contributed by atoms with E-state index in [4.69, 9.17) is 22.6 Å². The van der Waals surface area contributed by atoms with Gasteiger partial charge in [-0.25, -0.2) is 0 Å². The van der Waals surface area contributed by atoms with E-state index >= 15 is 0 Å². The molecule has 156 valence electrons. The Morgan fingerprint density at radius 3 is 2.50 bits per heavy atom. The highest BCUT2D eigenvalue weighted by Gasteiger charge is 2.32. The summed E-state index contributed by atoms with van der Waals surface area (Å²) in [5.41, 5.74) is 6.56. The minimum Gasteiger partial charge on any atom is -0.402 e. The van der Waals surface area contributed by atoms with Crippen LogP contribution in [0, 0.1) is 11.3 Å². The zero-order valence-corrected chi connectivity index (χ0v) is 16.8. The van der Waals surface area contributed by atoms with Gasteiger partial charge in [-0.2, -0.15) is 18.4 Å². The molecule has 0 aliphatic carbocycles. The van der Waals surface area contributed by atoms with Crippen LogP contribution in [0.4, 0.5) is 18.9 Å². The first-order valence-electron chi connectivity index (χ1n) is 8.55. The predicted molar refractivity (Wildman–Crippen MR) is 107 cm³/mol. The van der Waals surface area contributed by atoms with Crippen LogP contribution < -0.4 is 11.1 Å². The van der Waals surface area contributed by atoms with Gasteiger partial charge in [-0.1, -0.05) is 17.7 Å².